The van der Waals surface area contributed by atoms with Crippen LogP contribution >= 0.6 is 34.8 Å². The molecule has 10 rings (SSSR count). The number of carbonyl (C=O) groups is 5. The maximum absolute atomic E-state index is 11.9. The van der Waals surface area contributed by atoms with Crippen molar-refractivity contribution in [2.75, 3.05) is 35.6 Å². The molecule has 0 saturated carbocycles. The van der Waals surface area contributed by atoms with Crippen LogP contribution in [-0.4, -0.2) is 54.5 Å². The van der Waals surface area contributed by atoms with E-state index in [1.54, 1.807) is 19.9 Å². The smallest absolute Gasteiger partial charge is 0.416 e. The third-order valence-electron chi connectivity index (χ3n) is 17.0. The third-order valence-corrected chi connectivity index (χ3v) is 18.0. The molecule has 0 heterocycles. The summed E-state index contributed by atoms with van der Waals surface area (Å²) in [5.74, 6) is 1.08. The van der Waals surface area contributed by atoms with Gasteiger partial charge in [0.25, 0.3) is 0 Å². The quantitative estimate of drug-likeness (QED) is 0.0778. The van der Waals surface area contributed by atoms with Crippen LogP contribution in [0.15, 0.2) is 231 Å². The number of benzene rings is 10. The fraction of sp³-hybridized carbons (Fsp3) is 0.343. The number of aldehydes is 1. The van der Waals surface area contributed by atoms with E-state index in [0.717, 1.165) is 95.5 Å². The number of hydrogen-bond acceptors (Lipinski definition) is 6. The molecule has 0 bridgehead atoms. The van der Waals surface area contributed by atoms with Crippen molar-refractivity contribution in [1.82, 2.24) is 4.90 Å². The molecule has 0 aliphatic rings. The van der Waals surface area contributed by atoms with Crippen molar-refractivity contribution in [3.05, 3.63) is 329 Å². The lowest BCUT2D eigenvalue weighted by Gasteiger charge is -2.24. The predicted octanol–water partition coefficient (Wildman–Crippen LogP) is 28.5. The summed E-state index contributed by atoms with van der Waals surface area (Å²) in [6.45, 7) is 50.3. The molecule has 10 nitrogen and oxygen atoms in total. The van der Waals surface area contributed by atoms with Gasteiger partial charge in [-0.15, -0.1) is 0 Å². The van der Waals surface area contributed by atoms with Crippen LogP contribution in [0.4, 0.5) is 30.2 Å². The molecule has 3 N–H and O–H groups in total. The summed E-state index contributed by atoms with van der Waals surface area (Å²) in [5.41, 5.74) is 20.4. The number of halogens is 6. The van der Waals surface area contributed by atoms with E-state index in [4.69, 9.17) is 44.3 Å². The second-order valence-electron chi connectivity index (χ2n) is 28.0. The van der Waals surface area contributed by atoms with Gasteiger partial charge in [-0.05, 0) is 269 Å². The van der Waals surface area contributed by atoms with Crippen molar-refractivity contribution in [3.8, 4) is 5.75 Å². The number of hydrogen-bond donors (Lipinski definition) is 3. The minimum absolute atomic E-state index is 0.0284. The summed E-state index contributed by atoms with van der Waals surface area (Å²) in [6, 6.07) is 72.4. The molecule has 10 aromatic rings. The fourth-order valence-electron chi connectivity index (χ4n) is 9.63. The average molecular weight is 1640 g/mol. The average Bonchev–Trinajstić information content (AvgIpc) is 0.841. The van der Waals surface area contributed by atoms with E-state index in [1.807, 2.05) is 172 Å². The van der Waals surface area contributed by atoms with Gasteiger partial charge in [0, 0.05) is 62.9 Å². The van der Waals surface area contributed by atoms with Gasteiger partial charge < -0.3 is 30.4 Å². The van der Waals surface area contributed by atoms with Gasteiger partial charge in [-0.25, -0.2) is 0 Å². The number of unbranched alkanes of at least 4 members (excludes halogenated alkanes) is 2. The summed E-state index contributed by atoms with van der Waals surface area (Å²) >= 11 is 16.9. The monoisotopic (exact) mass is 1630 g/mol. The Labute approximate surface area is 704 Å². The zero-order valence-corrected chi connectivity index (χ0v) is 75.1. The number of nitrogens with one attached hydrogen (secondary N) is 3. The number of carbonyl (C=O) groups excluding carboxylic acids is 5. The number of alkyl halides is 3. The molecule has 0 atom stereocenters. The molecule has 4 amide bonds. The number of aryl methyl sites for hydroxylation is 12. The van der Waals surface area contributed by atoms with Crippen molar-refractivity contribution in [1.29, 1.82) is 0 Å². The largest absolute Gasteiger partial charge is 0.494 e. The van der Waals surface area contributed by atoms with Gasteiger partial charge in [-0.1, -0.05) is 251 Å². The molecule has 0 fully saturated rings. The van der Waals surface area contributed by atoms with Gasteiger partial charge in [-0.2, -0.15) is 13.2 Å². The van der Waals surface area contributed by atoms with Gasteiger partial charge in [0.1, 0.15) is 12.0 Å². The first-order valence-electron chi connectivity index (χ1n) is 38.9. The second-order valence-corrected chi connectivity index (χ2v) is 29.3. The normalized spacial score (nSPS) is 9.76. The minimum Gasteiger partial charge on any atom is -0.494 e. The zero-order valence-electron chi connectivity index (χ0n) is 72.8. The van der Waals surface area contributed by atoms with E-state index in [2.05, 4.69) is 174 Å². The van der Waals surface area contributed by atoms with E-state index in [1.165, 1.54) is 120 Å². The summed E-state index contributed by atoms with van der Waals surface area (Å²) in [7, 11) is 0. The molecule has 0 unspecified atom stereocenters. The molecule has 10 aromatic carbocycles. The van der Waals surface area contributed by atoms with Gasteiger partial charge in [0.2, 0.25) is 23.6 Å². The Kier molecular flexibility index (Phi) is 57.5. The Balaban J connectivity index is 0. The van der Waals surface area contributed by atoms with Crippen molar-refractivity contribution < 1.29 is 41.9 Å². The standard InChI is InChI=1S/C13H20.C10H21NO.C10H14.C9H11NO.C9H12O.C8H7F3.2C8H9NO.C8H10.C7H6Cl2.C7H7Cl.C2H4O/c1-6-13(4,5)12-8-7-10(2)11(3)9-12;1-4-6-7-9-11(8-5-2)10(3)12;1-7-5-8(2)10(4)9(3)6-7;1-7-5-3-4-6-9(7)10-8(2)11;1-3-10-9-6-4-5-8(2)7-9;1-6-2-4-7(5-3-6)8(9,10)11;2*1-7(10)9-8-5-3-2-4-6-8;1-7-5-3-4-6-8(7)2;1-5-2-3-6(8)7(9)4-5;1-6-2-4-7(8)5-3-6;1-2-3/h7-9H,6H2,1-5H3;4-9H2,1-3H3;5-6H,1-4H3;3-6H,1-2H3,(H,10,11);4-7H,3H2,1-2H3;2-5H,1H3;2*2-6H,1H3,(H,9,10);3-6H,1-2H3;2-4H,1H3;2-5H,1H3;2H,1H3. The van der Waals surface area contributed by atoms with E-state index in [9.17, 15) is 32.3 Å². The van der Waals surface area contributed by atoms with E-state index >= 15 is 0 Å². The highest BCUT2D eigenvalue weighted by molar-refractivity contribution is 6.42. The highest BCUT2D eigenvalue weighted by atomic mass is 35.5. The Bertz CT molecular complexity index is 4230. The second kappa shape index (κ2) is 61.6. The van der Waals surface area contributed by atoms with Crippen LogP contribution in [0, 0.1) is 90.0 Å². The lowest BCUT2D eigenvalue weighted by molar-refractivity contribution is -0.137. The van der Waals surface area contributed by atoms with Crippen LogP contribution < -0.4 is 20.7 Å². The Morgan fingerprint density at radius 2 is 0.835 bits per heavy atom. The van der Waals surface area contributed by atoms with Crippen LogP contribution in [0.3, 0.4) is 0 Å². The minimum atomic E-state index is -4.21. The van der Waals surface area contributed by atoms with Crippen LogP contribution in [0.25, 0.3) is 0 Å². The molecule has 0 saturated heterocycles. The molecule has 624 valence electrons. The highest BCUT2D eigenvalue weighted by Crippen LogP contribution is 2.30. The molecule has 115 heavy (non-hydrogen) atoms. The van der Waals surface area contributed by atoms with Gasteiger partial charge in [-0.3, -0.25) is 19.2 Å². The predicted molar refractivity (Wildman–Crippen MR) is 487 cm³/mol. The summed E-state index contributed by atoms with van der Waals surface area (Å²) in [5, 5.41) is 10.1. The van der Waals surface area contributed by atoms with Crippen molar-refractivity contribution >= 4 is 81.8 Å². The highest BCUT2D eigenvalue weighted by Gasteiger charge is 2.29. The van der Waals surface area contributed by atoms with Gasteiger partial charge in [0.15, 0.2) is 0 Å². The SMILES string of the molecule is CC(=O)Nc1ccccc1.CC(=O)Nc1ccccc1.CC(=O)Nc1ccccc1C.CC=O.CCC(C)(C)c1ccc(C)c(C)c1.CCCCCN(CCC)C(C)=O.CCOc1cccc(C)c1.Cc1cc(C)c(C)c(C)c1.Cc1ccc(C(F)(F)F)cc1.Cc1ccc(Cl)c(Cl)c1.Cc1ccc(Cl)cc1.Cc1ccccc1C. The molecule has 0 aliphatic heterocycles. The molecular formula is C99H130Cl3F3N4O6. The van der Waals surface area contributed by atoms with Gasteiger partial charge >= 0.3 is 6.18 Å². The van der Waals surface area contributed by atoms with Crippen molar-refractivity contribution in [3.63, 3.8) is 0 Å². The van der Waals surface area contributed by atoms with E-state index < -0.39 is 11.7 Å². The van der Waals surface area contributed by atoms with E-state index in [0.29, 0.717) is 15.5 Å². The van der Waals surface area contributed by atoms with Crippen LogP contribution in [0.5, 0.6) is 5.75 Å². The summed E-state index contributed by atoms with van der Waals surface area (Å²) in [6.07, 6.45) is 2.39. The van der Waals surface area contributed by atoms with Crippen molar-refractivity contribution in [2.24, 2.45) is 0 Å². The number of nitrogens with zero attached hydrogens (tertiary/aromatic N) is 1. The summed E-state index contributed by atoms with van der Waals surface area (Å²) < 4.78 is 41.0. The van der Waals surface area contributed by atoms with Crippen molar-refractivity contribution in [2.45, 2.75) is 210 Å². The molecule has 0 spiro atoms. The van der Waals surface area contributed by atoms with Gasteiger partial charge in [0.05, 0.1) is 22.2 Å². The number of amides is 4. The van der Waals surface area contributed by atoms with Crippen LogP contribution in [0.2, 0.25) is 15.1 Å². The maximum atomic E-state index is 11.9. The lowest BCUT2D eigenvalue weighted by Crippen LogP contribution is -2.30. The molecule has 0 aliphatic carbocycles. The Hall–Kier alpha value is -9.79. The third kappa shape index (κ3) is 53.8. The number of para-hydroxylation sites is 3. The zero-order chi connectivity index (χ0) is 87.7. The van der Waals surface area contributed by atoms with Crippen LogP contribution in [0.1, 0.15) is 192 Å². The first-order valence-corrected chi connectivity index (χ1v) is 40.0. The fourth-order valence-corrected chi connectivity index (χ4v) is 10.1. The van der Waals surface area contributed by atoms with E-state index in [-0.39, 0.29) is 23.6 Å². The molecule has 0 aromatic heterocycles. The topological polar surface area (TPSA) is 134 Å². The number of ether oxygens (including phenoxy) is 1. The van der Waals surface area contributed by atoms with Crippen LogP contribution in [-0.2, 0) is 35.6 Å². The first kappa shape index (κ1) is 107. The lowest BCUT2D eigenvalue weighted by atomic mass is 9.81. The Morgan fingerprint density at radius 3 is 1.21 bits per heavy atom. The molecule has 0 radical (unpaired) electrons. The number of anilines is 3. The maximum Gasteiger partial charge on any atom is 0.416 e. The molecule has 16 heteroatoms. The molecular weight excluding hydrogens is 1500 g/mol. The first-order chi connectivity index (χ1) is 54.1. The number of rotatable bonds is 13. The summed E-state index contributed by atoms with van der Waals surface area (Å²) in [4.78, 5) is 53.5. The Morgan fingerprint density at radius 1 is 0.409 bits per heavy atom.